The van der Waals surface area contributed by atoms with Gasteiger partial charge in [0.15, 0.2) is 0 Å². The van der Waals surface area contributed by atoms with Gasteiger partial charge in [-0.15, -0.1) is 0 Å². The zero-order valence-corrected chi connectivity index (χ0v) is 8.45. The first-order valence-electron chi connectivity index (χ1n) is 4.43. The zero-order valence-electron chi connectivity index (χ0n) is 8.45. The average Bonchev–Trinajstić information content (AvgIpc) is 2.02. The van der Waals surface area contributed by atoms with Gasteiger partial charge < -0.3 is 15.6 Å². The van der Waals surface area contributed by atoms with E-state index in [1.54, 1.807) is 7.11 Å². The summed E-state index contributed by atoms with van der Waals surface area (Å²) in [7, 11) is 1.63. The number of aliphatic hydroxyl groups excluding tert-OH is 1. The van der Waals surface area contributed by atoms with E-state index in [2.05, 4.69) is 0 Å². The summed E-state index contributed by atoms with van der Waals surface area (Å²) >= 11 is 0. The molecule has 0 spiro atoms. The molecule has 0 heterocycles. The number of ether oxygens (including phenoxy) is 1. The normalized spacial score (nSPS) is 19.2. The Bertz CT molecular complexity index is 117. The van der Waals surface area contributed by atoms with Gasteiger partial charge in [-0.3, -0.25) is 0 Å². The number of rotatable bonds is 5. The van der Waals surface area contributed by atoms with Crippen LogP contribution in [0.5, 0.6) is 0 Å². The first-order valence-corrected chi connectivity index (χ1v) is 4.43. The molecule has 0 aliphatic carbocycles. The molecule has 3 heteroatoms. The van der Waals surface area contributed by atoms with E-state index in [0.29, 0.717) is 12.5 Å². The van der Waals surface area contributed by atoms with E-state index in [0.717, 1.165) is 0 Å². The van der Waals surface area contributed by atoms with Crippen LogP contribution in [0.3, 0.4) is 0 Å². The molecule has 0 aliphatic heterocycles. The van der Waals surface area contributed by atoms with Crippen LogP contribution in [0, 0.1) is 11.8 Å². The second kappa shape index (κ2) is 5.51. The summed E-state index contributed by atoms with van der Waals surface area (Å²) in [5, 5.41) is 9.68. The highest BCUT2D eigenvalue weighted by Crippen LogP contribution is 2.12. The summed E-state index contributed by atoms with van der Waals surface area (Å²) in [4.78, 5) is 0. The van der Waals surface area contributed by atoms with Crippen molar-refractivity contribution in [3.63, 3.8) is 0 Å². The van der Waals surface area contributed by atoms with Crippen LogP contribution < -0.4 is 5.73 Å². The molecule has 0 bridgehead atoms. The minimum atomic E-state index is -0.468. The predicted molar refractivity (Wildman–Crippen MR) is 49.9 cm³/mol. The summed E-state index contributed by atoms with van der Waals surface area (Å²) < 4.78 is 4.94. The molecule has 0 aromatic carbocycles. The zero-order chi connectivity index (χ0) is 9.72. The molecule has 0 aromatic rings. The fraction of sp³-hybridized carbons (Fsp3) is 1.00. The van der Waals surface area contributed by atoms with Crippen molar-refractivity contribution in [2.24, 2.45) is 17.6 Å². The largest absolute Gasteiger partial charge is 0.391 e. The summed E-state index contributed by atoms with van der Waals surface area (Å²) in [6, 6.07) is -0.157. The van der Waals surface area contributed by atoms with Crippen molar-refractivity contribution in [2.45, 2.75) is 32.9 Å². The Morgan fingerprint density at radius 2 is 1.83 bits per heavy atom. The number of aliphatic hydroxyl groups is 1. The van der Waals surface area contributed by atoms with Crippen molar-refractivity contribution < 1.29 is 9.84 Å². The lowest BCUT2D eigenvalue weighted by Gasteiger charge is -2.26. The van der Waals surface area contributed by atoms with Gasteiger partial charge >= 0.3 is 0 Å². The third-order valence-electron chi connectivity index (χ3n) is 2.18. The lowest BCUT2D eigenvalue weighted by molar-refractivity contribution is 0.0310. The van der Waals surface area contributed by atoms with Gasteiger partial charge in [-0.2, -0.15) is 0 Å². The molecular formula is C9H21NO2. The third kappa shape index (κ3) is 3.52. The van der Waals surface area contributed by atoms with E-state index in [4.69, 9.17) is 10.5 Å². The van der Waals surface area contributed by atoms with E-state index in [1.807, 2.05) is 20.8 Å². The molecule has 0 radical (unpaired) electrons. The fourth-order valence-electron chi connectivity index (χ4n) is 1.14. The smallest absolute Gasteiger partial charge is 0.0740 e. The Morgan fingerprint density at radius 1 is 1.33 bits per heavy atom. The summed E-state index contributed by atoms with van der Waals surface area (Å²) in [6.45, 7) is 6.51. The fourth-order valence-corrected chi connectivity index (χ4v) is 1.14. The Hall–Kier alpha value is -0.120. The van der Waals surface area contributed by atoms with Crippen LogP contribution in [-0.2, 0) is 4.74 Å². The minimum Gasteiger partial charge on any atom is -0.391 e. The topological polar surface area (TPSA) is 55.5 Å². The van der Waals surface area contributed by atoms with Gasteiger partial charge in [0.25, 0.3) is 0 Å². The quantitative estimate of drug-likeness (QED) is 0.644. The van der Waals surface area contributed by atoms with Crippen LogP contribution in [0.1, 0.15) is 20.8 Å². The van der Waals surface area contributed by atoms with Crippen LogP contribution in [0.4, 0.5) is 0 Å². The maximum Gasteiger partial charge on any atom is 0.0740 e. The Labute approximate surface area is 74.9 Å². The van der Waals surface area contributed by atoms with E-state index < -0.39 is 6.10 Å². The SMILES string of the molecule is COCC(C)C(O)C(N)C(C)C. The van der Waals surface area contributed by atoms with Gasteiger partial charge in [0.1, 0.15) is 0 Å². The van der Waals surface area contributed by atoms with E-state index in [9.17, 15) is 5.11 Å². The molecule has 3 N–H and O–H groups in total. The van der Waals surface area contributed by atoms with Crippen molar-refractivity contribution in [3.8, 4) is 0 Å². The van der Waals surface area contributed by atoms with Gasteiger partial charge in [-0.1, -0.05) is 20.8 Å². The predicted octanol–water partition coefficient (Wildman–Crippen LogP) is 0.613. The Morgan fingerprint density at radius 3 is 2.17 bits per heavy atom. The van der Waals surface area contributed by atoms with Crippen molar-refractivity contribution >= 4 is 0 Å². The number of methoxy groups -OCH3 is 1. The highest BCUT2D eigenvalue weighted by molar-refractivity contribution is 4.78. The van der Waals surface area contributed by atoms with E-state index in [1.165, 1.54) is 0 Å². The number of nitrogens with two attached hydrogens (primary N) is 1. The second-order valence-corrected chi connectivity index (χ2v) is 3.74. The molecule has 3 atom stereocenters. The molecule has 0 rings (SSSR count). The Balaban J connectivity index is 3.90. The van der Waals surface area contributed by atoms with Crippen molar-refractivity contribution in [1.82, 2.24) is 0 Å². The van der Waals surface area contributed by atoms with Crippen LogP contribution in [0.2, 0.25) is 0 Å². The Kier molecular flexibility index (Phi) is 5.46. The second-order valence-electron chi connectivity index (χ2n) is 3.74. The van der Waals surface area contributed by atoms with Crippen molar-refractivity contribution in [2.75, 3.05) is 13.7 Å². The van der Waals surface area contributed by atoms with Crippen LogP contribution in [0.15, 0.2) is 0 Å². The van der Waals surface area contributed by atoms with Crippen molar-refractivity contribution in [3.05, 3.63) is 0 Å². The van der Waals surface area contributed by atoms with E-state index >= 15 is 0 Å². The number of hydrogen-bond donors (Lipinski definition) is 2. The van der Waals surface area contributed by atoms with Crippen LogP contribution in [-0.4, -0.2) is 31.0 Å². The van der Waals surface area contributed by atoms with Crippen LogP contribution >= 0.6 is 0 Å². The summed E-state index contributed by atoms with van der Waals surface area (Å²) in [5.41, 5.74) is 5.79. The summed E-state index contributed by atoms with van der Waals surface area (Å²) in [6.07, 6.45) is -0.468. The molecule has 0 aromatic heterocycles. The molecule has 3 nitrogen and oxygen atoms in total. The molecule has 12 heavy (non-hydrogen) atoms. The summed E-state index contributed by atoms with van der Waals surface area (Å²) in [5.74, 6) is 0.409. The average molecular weight is 175 g/mol. The minimum absolute atomic E-state index is 0.104. The van der Waals surface area contributed by atoms with Gasteiger partial charge in [-0.05, 0) is 5.92 Å². The van der Waals surface area contributed by atoms with Gasteiger partial charge in [0.2, 0.25) is 0 Å². The van der Waals surface area contributed by atoms with Gasteiger partial charge in [0, 0.05) is 19.1 Å². The lowest BCUT2D eigenvalue weighted by atomic mass is 9.92. The molecule has 0 amide bonds. The standard InChI is InChI=1S/C9H21NO2/c1-6(2)8(10)9(11)7(3)5-12-4/h6-9,11H,5,10H2,1-4H3. The molecule has 0 saturated heterocycles. The maximum atomic E-state index is 9.68. The molecular weight excluding hydrogens is 154 g/mol. The highest BCUT2D eigenvalue weighted by atomic mass is 16.5. The van der Waals surface area contributed by atoms with Crippen LogP contribution in [0.25, 0.3) is 0 Å². The molecule has 74 valence electrons. The monoisotopic (exact) mass is 175 g/mol. The maximum absolute atomic E-state index is 9.68. The van der Waals surface area contributed by atoms with Gasteiger partial charge in [0.05, 0.1) is 12.7 Å². The first-order chi connectivity index (χ1) is 5.50. The number of hydrogen-bond acceptors (Lipinski definition) is 3. The molecule has 0 aliphatic rings. The van der Waals surface area contributed by atoms with E-state index in [-0.39, 0.29) is 12.0 Å². The lowest BCUT2D eigenvalue weighted by Crippen LogP contribution is -2.44. The highest BCUT2D eigenvalue weighted by Gasteiger charge is 2.23. The molecule has 0 saturated carbocycles. The van der Waals surface area contributed by atoms with Crippen molar-refractivity contribution in [1.29, 1.82) is 0 Å². The molecule has 0 fully saturated rings. The first kappa shape index (κ1) is 11.9. The van der Waals surface area contributed by atoms with Gasteiger partial charge in [-0.25, -0.2) is 0 Å². The molecule has 3 unspecified atom stereocenters. The third-order valence-corrected chi connectivity index (χ3v) is 2.18.